The van der Waals surface area contributed by atoms with Crippen molar-refractivity contribution < 1.29 is 4.92 Å². The van der Waals surface area contributed by atoms with Gasteiger partial charge in [0.2, 0.25) is 0 Å². The molecule has 5 nitrogen and oxygen atoms in total. The molecule has 0 radical (unpaired) electrons. The van der Waals surface area contributed by atoms with Gasteiger partial charge < -0.3 is 10.3 Å². The average molecular weight is 176 g/mol. The van der Waals surface area contributed by atoms with Crippen molar-refractivity contribution in [1.29, 1.82) is 0 Å². The first-order valence-electron chi connectivity index (χ1n) is 2.76. The molecule has 0 aromatic carbocycles. The predicted octanol–water partition coefficient (Wildman–Crippen LogP) is 1.04. The van der Waals surface area contributed by atoms with Crippen LogP contribution in [0.1, 0.15) is 0 Å². The van der Waals surface area contributed by atoms with E-state index in [1.807, 2.05) is 0 Å². The molecule has 0 N–H and O–H groups in total. The van der Waals surface area contributed by atoms with E-state index in [0.29, 0.717) is 5.06 Å². The minimum atomic E-state index is -0.619. The first-order chi connectivity index (χ1) is 5.11. The van der Waals surface area contributed by atoms with Crippen molar-refractivity contribution in [3.8, 4) is 0 Å². The van der Waals surface area contributed by atoms with Gasteiger partial charge in [0.15, 0.2) is 0 Å². The van der Waals surface area contributed by atoms with Crippen LogP contribution in [-0.4, -0.2) is 16.5 Å². The molecular formula is C5H4ClN2O3-. The Labute approximate surface area is 67.3 Å². The van der Waals surface area contributed by atoms with E-state index in [9.17, 15) is 15.3 Å². The highest BCUT2D eigenvalue weighted by molar-refractivity contribution is 6.30. The molecule has 0 atom stereocenters. The van der Waals surface area contributed by atoms with Crippen LogP contribution in [-0.2, 0) is 0 Å². The molecule has 0 fully saturated rings. The highest BCUT2D eigenvalue weighted by Gasteiger charge is 2.16. The maximum atomic E-state index is 10.5. The number of nitrogens with zero attached hydrogens (tertiary/aromatic N) is 2. The van der Waals surface area contributed by atoms with E-state index in [1.54, 1.807) is 0 Å². The summed E-state index contributed by atoms with van der Waals surface area (Å²) in [7, 11) is 0. The van der Waals surface area contributed by atoms with E-state index in [4.69, 9.17) is 11.6 Å². The second-order valence-corrected chi connectivity index (χ2v) is 2.39. The maximum Gasteiger partial charge on any atom is 0.287 e. The average Bonchev–Trinajstić information content (AvgIpc) is 1.85. The van der Waals surface area contributed by atoms with Crippen LogP contribution in [0.15, 0.2) is 23.0 Å². The van der Waals surface area contributed by atoms with Gasteiger partial charge in [0.1, 0.15) is 5.03 Å². The van der Waals surface area contributed by atoms with Gasteiger partial charge in [0, 0.05) is 12.6 Å². The highest BCUT2D eigenvalue weighted by Crippen LogP contribution is 2.17. The molecule has 0 saturated heterocycles. The molecule has 0 spiro atoms. The monoisotopic (exact) mass is 175 g/mol. The van der Waals surface area contributed by atoms with Crippen molar-refractivity contribution in [2.24, 2.45) is 0 Å². The Balaban J connectivity index is 2.88. The molecule has 1 aliphatic heterocycles. The summed E-state index contributed by atoms with van der Waals surface area (Å²) in [6.45, 7) is -0.144. The third kappa shape index (κ3) is 1.69. The lowest BCUT2D eigenvalue weighted by atomic mass is 10.3. The molecule has 60 valence electrons. The van der Waals surface area contributed by atoms with Crippen LogP contribution in [0.5, 0.6) is 0 Å². The Morgan fingerprint density at radius 3 is 2.82 bits per heavy atom. The normalized spacial score (nSPS) is 17.5. The summed E-state index contributed by atoms with van der Waals surface area (Å²) in [5.74, 6) is 0. The Morgan fingerprint density at radius 1 is 1.73 bits per heavy atom. The topological polar surface area (TPSA) is 69.4 Å². The van der Waals surface area contributed by atoms with Gasteiger partial charge in [-0.3, -0.25) is 10.1 Å². The van der Waals surface area contributed by atoms with Crippen molar-refractivity contribution >= 4 is 11.6 Å². The number of hydrogen-bond acceptors (Lipinski definition) is 4. The number of hydrogen-bond donors (Lipinski definition) is 0. The molecule has 1 rings (SSSR count). The third-order valence-corrected chi connectivity index (χ3v) is 1.48. The summed E-state index contributed by atoms with van der Waals surface area (Å²) in [6.07, 6.45) is 2.16. The Bertz CT molecular complexity index is 248. The first kappa shape index (κ1) is 8.03. The van der Waals surface area contributed by atoms with E-state index in [1.165, 1.54) is 0 Å². The summed E-state index contributed by atoms with van der Waals surface area (Å²) < 4.78 is 0. The largest absolute Gasteiger partial charge is 0.758 e. The van der Waals surface area contributed by atoms with E-state index in [2.05, 4.69) is 0 Å². The minimum Gasteiger partial charge on any atom is -0.758 e. The number of rotatable bonds is 1. The van der Waals surface area contributed by atoms with Crippen LogP contribution in [0.2, 0.25) is 0 Å². The molecule has 0 amide bonds. The van der Waals surface area contributed by atoms with Crippen LogP contribution in [0.3, 0.4) is 0 Å². The summed E-state index contributed by atoms with van der Waals surface area (Å²) in [4.78, 5) is 9.54. The smallest absolute Gasteiger partial charge is 0.287 e. The van der Waals surface area contributed by atoms with Crippen molar-refractivity contribution in [3.05, 3.63) is 38.3 Å². The molecule has 1 heterocycles. The molecule has 1 aliphatic rings. The third-order valence-electron chi connectivity index (χ3n) is 1.17. The fourth-order valence-corrected chi connectivity index (χ4v) is 0.924. The van der Waals surface area contributed by atoms with Gasteiger partial charge in [0.25, 0.3) is 5.70 Å². The van der Waals surface area contributed by atoms with E-state index in [-0.39, 0.29) is 17.3 Å². The summed E-state index contributed by atoms with van der Waals surface area (Å²) >= 11 is 5.42. The zero-order valence-corrected chi connectivity index (χ0v) is 6.11. The Kier molecular flexibility index (Phi) is 2.11. The summed E-state index contributed by atoms with van der Waals surface area (Å²) in [6, 6.07) is 0. The molecule has 0 unspecified atom stereocenters. The lowest BCUT2D eigenvalue weighted by Gasteiger charge is -2.27. The van der Waals surface area contributed by atoms with Crippen LogP contribution in [0, 0.1) is 15.3 Å². The van der Waals surface area contributed by atoms with E-state index >= 15 is 0 Å². The van der Waals surface area contributed by atoms with Crippen molar-refractivity contribution in [2.45, 2.75) is 0 Å². The standard InChI is InChI=1S/C5H4ClN2O3/c6-4-3-7(9)2-1-5(4)8(10)11/h1-2H,3H2/q-1. The molecule has 11 heavy (non-hydrogen) atoms. The zero-order valence-electron chi connectivity index (χ0n) is 5.36. The summed E-state index contributed by atoms with van der Waals surface area (Å²) in [5, 5.41) is 21.2. The van der Waals surface area contributed by atoms with Crippen molar-refractivity contribution in [2.75, 3.05) is 6.54 Å². The minimum absolute atomic E-state index is 0.0347. The van der Waals surface area contributed by atoms with Gasteiger partial charge in [-0.15, -0.1) is 0 Å². The number of halogens is 1. The van der Waals surface area contributed by atoms with Crippen molar-refractivity contribution in [3.63, 3.8) is 0 Å². The maximum absolute atomic E-state index is 10.5. The fourth-order valence-electron chi connectivity index (χ4n) is 0.675. The Hall–Kier alpha value is -1.07. The van der Waals surface area contributed by atoms with Gasteiger partial charge in [-0.2, -0.15) is 0 Å². The lowest BCUT2D eigenvalue weighted by molar-refractivity contribution is -0.420. The molecular weight excluding hydrogens is 172 g/mol. The number of allylic oxidation sites excluding steroid dienone is 1. The van der Waals surface area contributed by atoms with E-state index < -0.39 is 4.92 Å². The van der Waals surface area contributed by atoms with Crippen LogP contribution >= 0.6 is 11.6 Å². The Morgan fingerprint density at radius 2 is 2.36 bits per heavy atom. The summed E-state index contributed by atoms with van der Waals surface area (Å²) in [5.41, 5.74) is -0.209. The molecule has 0 aliphatic carbocycles. The molecule has 6 heteroatoms. The number of hydroxylamine groups is 2. The van der Waals surface area contributed by atoms with Gasteiger partial charge in [-0.1, -0.05) is 11.6 Å². The zero-order chi connectivity index (χ0) is 8.43. The van der Waals surface area contributed by atoms with Crippen LogP contribution in [0.4, 0.5) is 0 Å². The molecule has 0 aromatic heterocycles. The molecule has 0 aromatic rings. The van der Waals surface area contributed by atoms with Crippen LogP contribution < -0.4 is 0 Å². The van der Waals surface area contributed by atoms with Crippen LogP contribution in [0.25, 0.3) is 0 Å². The molecule has 0 saturated carbocycles. The van der Waals surface area contributed by atoms with Gasteiger partial charge in [-0.25, -0.2) is 0 Å². The van der Waals surface area contributed by atoms with Gasteiger partial charge >= 0.3 is 0 Å². The number of nitro groups is 1. The predicted molar refractivity (Wildman–Crippen MR) is 39.1 cm³/mol. The highest BCUT2D eigenvalue weighted by atomic mass is 35.5. The fraction of sp³-hybridized carbons (Fsp3) is 0.200. The second kappa shape index (κ2) is 2.89. The van der Waals surface area contributed by atoms with Crippen molar-refractivity contribution in [1.82, 2.24) is 5.06 Å². The quantitative estimate of drug-likeness (QED) is 0.441. The van der Waals surface area contributed by atoms with Gasteiger partial charge in [0.05, 0.1) is 4.92 Å². The van der Waals surface area contributed by atoms with E-state index in [0.717, 1.165) is 12.3 Å². The second-order valence-electron chi connectivity index (χ2n) is 1.94. The molecule has 0 bridgehead atoms. The first-order valence-corrected chi connectivity index (χ1v) is 3.14. The SMILES string of the molecule is O=[N+]([O-])C1=C(Cl)CN([O-])C=C1. The lowest BCUT2D eigenvalue weighted by Crippen LogP contribution is -2.17. The van der Waals surface area contributed by atoms with Gasteiger partial charge in [-0.05, 0) is 6.20 Å².